The fourth-order valence-electron chi connectivity index (χ4n) is 1.15. The van der Waals surface area contributed by atoms with Gasteiger partial charge in [0.05, 0.1) is 11.3 Å². The Hall–Kier alpha value is -0.720. The van der Waals surface area contributed by atoms with E-state index >= 15 is 0 Å². The summed E-state index contributed by atoms with van der Waals surface area (Å²) in [5, 5.41) is 9.00. The molecule has 2 rings (SSSR count). The van der Waals surface area contributed by atoms with Crippen molar-refractivity contribution in [3.05, 3.63) is 28.0 Å². The van der Waals surface area contributed by atoms with E-state index in [1.54, 1.807) is 11.8 Å². The molecule has 2 heterocycles. The molecule has 1 aromatic rings. The van der Waals surface area contributed by atoms with Crippen LogP contribution in [0, 0.1) is 11.3 Å². The van der Waals surface area contributed by atoms with Crippen LogP contribution in [0.1, 0.15) is 16.8 Å². The van der Waals surface area contributed by atoms with E-state index in [-0.39, 0.29) is 0 Å². The molecule has 0 spiro atoms. The van der Waals surface area contributed by atoms with Crippen molar-refractivity contribution in [1.82, 2.24) is 4.98 Å². The predicted molar refractivity (Wildman–Crippen MR) is 49.0 cm³/mol. The minimum absolute atomic E-state index is 0.332. The van der Waals surface area contributed by atoms with Crippen molar-refractivity contribution in [2.75, 3.05) is 0 Å². The van der Waals surface area contributed by atoms with Gasteiger partial charge in [-0.05, 0) is 11.6 Å². The molecule has 0 saturated heterocycles. The second-order valence-electron chi connectivity index (χ2n) is 2.54. The van der Waals surface area contributed by atoms with E-state index in [1.165, 1.54) is 0 Å². The third-order valence-corrected chi connectivity index (χ3v) is 3.04. The Kier molecular flexibility index (Phi) is 1.95. The van der Waals surface area contributed by atoms with Gasteiger partial charge < -0.3 is 0 Å². The molecule has 0 amide bonds. The fraction of sp³-hybridized carbons (Fsp3) is 0.250. The summed E-state index contributed by atoms with van der Waals surface area (Å²) in [6.07, 6.45) is 0. The van der Waals surface area contributed by atoms with Crippen molar-refractivity contribution in [3.8, 4) is 6.07 Å². The molecule has 0 unspecified atom stereocenters. The molecular weight excluding hydrogens is 192 g/mol. The Morgan fingerprint density at radius 1 is 1.58 bits per heavy atom. The van der Waals surface area contributed by atoms with Crippen LogP contribution in [0.3, 0.4) is 0 Å². The first-order chi connectivity index (χ1) is 5.81. The Morgan fingerprint density at radius 3 is 3.17 bits per heavy atom. The van der Waals surface area contributed by atoms with Crippen LogP contribution in [0.4, 0.5) is 0 Å². The summed E-state index contributed by atoms with van der Waals surface area (Å²) >= 11 is 7.57. The van der Waals surface area contributed by atoms with E-state index in [9.17, 15) is 0 Å². The van der Waals surface area contributed by atoms with Gasteiger partial charge in [0.15, 0.2) is 0 Å². The monoisotopic (exact) mass is 196 g/mol. The van der Waals surface area contributed by atoms with E-state index in [0.29, 0.717) is 10.7 Å². The van der Waals surface area contributed by atoms with Gasteiger partial charge in [0.1, 0.15) is 11.2 Å². The normalized spacial score (nSPS) is 14.0. The second kappa shape index (κ2) is 2.96. The van der Waals surface area contributed by atoms with Gasteiger partial charge in [-0.15, -0.1) is 0 Å². The number of aromatic nitrogens is 1. The lowest BCUT2D eigenvalue weighted by Crippen LogP contribution is -1.91. The Bertz CT molecular complexity index is 369. The molecule has 0 aliphatic carbocycles. The molecule has 2 nitrogen and oxygen atoms in total. The zero-order valence-corrected chi connectivity index (χ0v) is 7.74. The molecular formula is C8H5ClN2S. The highest BCUT2D eigenvalue weighted by molar-refractivity contribution is 7.98. The molecule has 0 atom stereocenters. The average Bonchev–Trinajstić information content (AvgIpc) is 2.49. The van der Waals surface area contributed by atoms with Gasteiger partial charge in [-0.2, -0.15) is 17.0 Å². The van der Waals surface area contributed by atoms with Crippen LogP contribution in [-0.4, -0.2) is 4.98 Å². The maximum Gasteiger partial charge on any atom is 0.147 e. The third-order valence-electron chi connectivity index (χ3n) is 1.76. The zero-order chi connectivity index (χ0) is 8.55. The molecule has 1 aromatic heterocycles. The molecule has 1 aliphatic heterocycles. The Morgan fingerprint density at radius 2 is 2.42 bits per heavy atom. The van der Waals surface area contributed by atoms with Gasteiger partial charge in [-0.25, -0.2) is 4.98 Å². The maximum atomic E-state index is 8.67. The molecule has 0 saturated carbocycles. The first-order valence-electron chi connectivity index (χ1n) is 3.47. The highest BCUT2D eigenvalue weighted by Crippen LogP contribution is 2.30. The molecule has 0 fully saturated rings. The number of hydrogen-bond donors (Lipinski definition) is 0. The Balaban J connectivity index is 2.59. The average molecular weight is 197 g/mol. The van der Waals surface area contributed by atoms with Crippen LogP contribution in [0.2, 0.25) is 5.15 Å². The molecule has 0 radical (unpaired) electrons. The van der Waals surface area contributed by atoms with Crippen LogP contribution in [0.5, 0.6) is 0 Å². The number of fused-ring (bicyclic) bond motifs is 1. The summed E-state index contributed by atoms with van der Waals surface area (Å²) < 4.78 is 0. The minimum Gasteiger partial charge on any atom is -0.239 e. The number of hydrogen-bond acceptors (Lipinski definition) is 3. The van der Waals surface area contributed by atoms with Crippen LogP contribution < -0.4 is 0 Å². The summed E-state index contributed by atoms with van der Waals surface area (Å²) in [5.41, 5.74) is 2.67. The van der Waals surface area contributed by atoms with Crippen molar-refractivity contribution < 1.29 is 0 Å². The number of halogens is 1. The molecule has 0 bridgehead atoms. The quantitative estimate of drug-likeness (QED) is 0.598. The third kappa shape index (κ3) is 1.17. The second-order valence-corrected chi connectivity index (χ2v) is 3.88. The number of nitriles is 1. The number of pyridine rings is 1. The number of nitrogens with zero attached hydrogens (tertiary/aromatic N) is 2. The van der Waals surface area contributed by atoms with Crippen molar-refractivity contribution in [1.29, 1.82) is 5.26 Å². The van der Waals surface area contributed by atoms with Gasteiger partial charge in [-0.3, -0.25) is 0 Å². The van der Waals surface area contributed by atoms with E-state index in [2.05, 4.69) is 4.98 Å². The molecule has 60 valence electrons. The Labute approximate surface area is 79.6 Å². The van der Waals surface area contributed by atoms with Crippen LogP contribution in [-0.2, 0) is 11.5 Å². The molecule has 4 heteroatoms. The van der Waals surface area contributed by atoms with E-state index in [0.717, 1.165) is 22.8 Å². The highest BCUT2D eigenvalue weighted by atomic mass is 35.5. The summed E-state index contributed by atoms with van der Waals surface area (Å²) in [7, 11) is 0. The molecule has 0 aromatic carbocycles. The van der Waals surface area contributed by atoms with Gasteiger partial charge in [0.2, 0.25) is 0 Å². The number of thioether (sulfide) groups is 1. The van der Waals surface area contributed by atoms with Gasteiger partial charge in [0, 0.05) is 11.5 Å². The first-order valence-corrected chi connectivity index (χ1v) is 5.00. The lowest BCUT2D eigenvalue weighted by Gasteiger charge is -1.98. The van der Waals surface area contributed by atoms with Gasteiger partial charge in [-0.1, -0.05) is 11.6 Å². The SMILES string of the molecule is N#Cc1cc2c(nc1Cl)CSC2. The minimum atomic E-state index is 0.332. The first kappa shape index (κ1) is 7.90. The van der Waals surface area contributed by atoms with E-state index in [1.807, 2.05) is 12.1 Å². The predicted octanol–water partition coefficient (Wildman–Crippen LogP) is 2.35. The highest BCUT2D eigenvalue weighted by Gasteiger charge is 2.15. The van der Waals surface area contributed by atoms with Crippen molar-refractivity contribution in [3.63, 3.8) is 0 Å². The number of rotatable bonds is 0. The summed E-state index contributed by atoms with van der Waals surface area (Å²) in [6.45, 7) is 0. The lowest BCUT2D eigenvalue weighted by atomic mass is 10.2. The molecule has 1 aliphatic rings. The van der Waals surface area contributed by atoms with Crippen molar-refractivity contribution >= 4 is 23.4 Å². The maximum absolute atomic E-state index is 8.67. The summed E-state index contributed by atoms with van der Waals surface area (Å²) in [5.74, 6) is 1.87. The topological polar surface area (TPSA) is 36.7 Å². The lowest BCUT2D eigenvalue weighted by molar-refractivity contribution is 1.14. The summed E-state index contributed by atoms with van der Waals surface area (Å²) in [6, 6.07) is 3.86. The largest absolute Gasteiger partial charge is 0.239 e. The van der Waals surface area contributed by atoms with E-state index in [4.69, 9.17) is 16.9 Å². The fourth-order valence-corrected chi connectivity index (χ4v) is 2.37. The smallest absolute Gasteiger partial charge is 0.147 e. The van der Waals surface area contributed by atoms with Crippen molar-refractivity contribution in [2.45, 2.75) is 11.5 Å². The van der Waals surface area contributed by atoms with Crippen LogP contribution in [0.15, 0.2) is 6.07 Å². The van der Waals surface area contributed by atoms with E-state index < -0.39 is 0 Å². The van der Waals surface area contributed by atoms with Crippen LogP contribution in [0.25, 0.3) is 0 Å². The molecule has 0 N–H and O–H groups in total. The molecule has 12 heavy (non-hydrogen) atoms. The van der Waals surface area contributed by atoms with Gasteiger partial charge in [0.25, 0.3) is 0 Å². The van der Waals surface area contributed by atoms with Crippen LogP contribution >= 0.6 is 23.4 Å². The van der Waals surface area contributed by atoms with Crippen molar-refractivity contribution in [2.24, 2.45) is 0 Å². The van der Waals surface area contributed by atoms with Gasteiger partial charge >= 0.3 is 0 Å². The summed E-state index contributed by atoms with van der Waals surface area (Å²) in [4.78, 5) is 4.15. The standard InChI is InChI=1S/C8H5ClN2S/c9-8-5(2-10)1-6-3-12-4-7(6)11-8/h1H,3-4H2. The zero-order valence-electron chi connectivity index (χ0n) is 6.17.